The van der Waals surface area contributed by atoms with Crippen molar-refractivity contribution in [3.63, 3.8) is 0 Å². The average molecular weight is 406 g/mol. The van der Waals surface area contributed by atoms with Crippen LogP contribution >= 0.6 is 0 Å². The summed E-state index contributed by atoms with van der Waals surface area (Å²) in [4.78, 5) is 16.9. The van der Waals surface area contributed by atoms with Gasteiger partial charge in [-0.15, -0.1) is 0 Å². The van der Waals surface area contributed by atoms with E-state index in [9.17, 15) is 9.18 Å². The van der Waals surface area contributed by atoms with Gasteiger partial charge in [0, 0.05) is 11.8 Å². The fraction of sp³-hybridized carbons (Fsp3) is 0.308. The Labute approximate surface area is 177 Å². The third-order valence-electron chi connectivity index (χ3n) is 5.05. The highest BCUT2D eigenvalue weighted by Gasteiger charge is 2.13. The Balaban J connectivity index is 1.64. The molecule has 0 aliphatic heterocycles. The molecule has 3 aromatic rings. The molecular formula is C26H28FNO2. The molecule has 0 N–H and O–H groups in total. The summed E-state index contributed by atoms with van der Waals surface area (Å²) in [6.07, 6.45) is 8.07. The van der Waals surface area contributed by atoms with E-state index in [4.69, 9.17) is 4.74 Å². The molecule has 1 heterocycles. The van der Waals surface area contributed by atoms with E-state index in [1.54, 1.807) is 12.1 Å². The first-order chi connectivity index (χ1) is 14.6. The lowest BCUT2D eigenvalue weighted by atomic mass is 10.1. The Morgan fingerprint density at radius 3 is 2.30 bits per heavy atom. The van der Waals surface area contributed by atoms with E-state index in [2.05, 4.69) is 24.9 Å². The number of ether oxygens (including phenoxy) is 1. The lowest BCUT2D eigenvalue weighted by Gasteiger charge is -2.08. The van der Waals surface area contributed by atoms with Crippen molar-refractivity contribution in [3.05, 3.63) is 83.3 Å². The van der Waals surface area contributed by atoms with E-state index in [-0.39, 0.29) is 5.75 Å². The number of hydrogen-bond acceptors (Lipinski definition) is 3. The van der Waals surface area contributed by atoms with Gasteiger partial charge in [-0.2, -0.15) is 0 Å². The second-order valence-corrected chi connectivity index (χ2v) is 7.49. The van der Waals surface area contributed by atoms with Gasteiger partial charge >= 0.3 is 5.97 Å². The predicted octanol–water partition coefficient (Wildman–Crippen LogP) is 6.79. The van der Waals surface area contributed by atoms with Gasteiger partial charge in [0.2, 0.25) is 0 Å². The number of rotatable bonds is 9. The topological polar surface area (TPSA) is 39.2 Å². The number of halogens is 1. The molecule has 0 saturated carbocycles. The third-order valence-corrected chi connectivity index (χ3v) is 5.05. The summed E-state index contributed by atoms with van der Waals surface area (Å²) < 4.78 is 19.6. The smallest absolute Gasteiger partial charge is 0.343 e. The highest BCUT2D eigenvalue weighted by atomic mass is 19.1. The number of pyridine rings is 1. The van der Waals surface area contributed by atoms with Crippen molar-refractivity contribution in [2.24, 2.45) is 0 Å². The normalized spacial score (nSPS) is 10.8. The van der Waals surface area contributed by atoms with Gasteiger partial charge in [0.25, 0.3) is 0 Å². The fourth-order valence-electron chi connectivity index (χ4n) is 3.33. The van der Waals surface area contributed by atoms with Crippen molar-refractivity contribution in [2.75, 3.05) is 0 Å². The molecule has 2 aromatic carbocycles. The molecule has 0 bridgehead atoms. The zero-order chi connectivity index (χ0) is 21.3. The van der Waals surface area contributed by atoms with Crippen LogP contribution in [0.4, 0.5) is 4.39 Å². The number of carbonyl (C=O) groups excluding carboxylic acids is 1. The molecule has 0 unspecified atom stereocenters. The Morgan fingerprint density at radius 2 is 1.67 bits per heavy atom. The Morgan fingerprint density at radius 1 is 0.900 bits per heavy atom. The molecule has 0 spiro atoms. The minimum Gasteiger partial charge on any atom is -0.420 e. The summed E-state index contributed by atoms with van der Waals surface area (Å²) in [6.45, 7) is 4.27. The summed E-state index contributed by atoms with van der Waals surface area (Å²) in [7, 11) is 0. The third kappa shape index (κ3) is 5.76. The van der Waals surface area contributed by atoms with Crippen molar-refractivity contribution >= 4 is 5.97 Å². The first-order valence-corrected chi connectivity index (χ1v) is 10.7. The van der Waals surface area contributed by atoms with E-state index in [1.165, 1.54) is 17.7 Å². The van der Waals surface area contributed by atoms with E-state index >= 15 is 0 Å². The lowest BCUT2D eigenvalue weighted by molar-refractivity contribution is 0.0728. The first-order valence-electron chi connectivity index (χ1n) is 10.7. The van der Waals surface area contributed by atoms with Gasteiger partial charge in [0.1, 0.15) is 0 Å². The van der Waals surface area contributed by atoms with E-state index in [0.717, 1.165) is 55.3 Å². The minimum absolute atomic E-state index is 0.0449. The van der Waals surface area contributed by atoms with Crippen molar-refractivity contribution < 1.29 is 13.9 Å². The number of esters is 1. The summed E-state index contributed by atoms with van der Waals surface area (Å²) in [5.74, 6) is -1.13. The molecule has 0 amide bonds. The monoisotopic (exact) mass is 405 g/mol. The highest BCUT2D eigenvalue weighted by Crippen LogP contribution is 2.22. The molecular weight excluding hydrogens is 377 g/mol. The zero-order valence-corrected chi connectivity index (χ0v) is 17.7. The molecule has 3 nitrogen and oxygen atoms in total. The molecule has 0 fully saturated rings. The Bertz CT molecular complexity index is 965. The van der Waals surface area contributed by atoms with Gasteiger partial charge in [-0.25, -0.2) is 9.18 Å². The molecule has 30 heavy (non-hydrogen) atoms. The molecule has 0 aliphatic rings. The van der Waals surface area contributed by atoms with Gasteiger partial charge < -0.3 is 4.74 Å². The summed E-state index contributed by atoms with van der Waals surface area (Å²) in [5, 5.41) is 0. The SMILES string of the molecule is CCCCCc1ccc(OC(=O)c2ccc(-c3ccc(CCC)cn3)cc2)c(F)c1. The van der Waals surface area contributed by atoms with Crippen LogP contribution in [0.2, 0.25) is 0 Å². The molecule has 0 saturated heterocycles. The van der Waals surface area contributed by atoms with Crippen molar-refractivity contribution in [2.45, 2.75) is 52.4 Å². The molecule has 0 radical (unpaired) electrons. The molecule has 0 aliphatic carbocycles. The quantitative estimate of drug-likeness (QED) is 0.223. The number of hydrogen-bond donors (Lipinski definition) is 0. The number of carbonyl (C=O) groups is 1. The highest BCUT2D eigenvalue weighted by molar-refractivity contribution is 5.91. The van der Waals surface area contributed by atoms with Crippen molar-refractivity contribution in [3.8, 4) is 17.0 Å². The van der Waals surface area contributed by atoms with E-state index < -0.39 is 11.8 Å². The maximum Gasteiger partial charge on any atom is 0.343 e. The second-order valence-electron chi connectivity index (χ2n) is 7.49. The van der Waals surface area contributed by atoms with Crippen LogP contribution in [0.25, 0.3) is 11.3 Å². The lowest BCUT2D eigenvalue weighted by Crippen LogP contribution is -2.09. The van der Waals surface area contributed by atoms with Gasteiger partial charge in [-0.1, -0.05) is 57.4 Å². The van der Waals surface area contributed by atoms with E-state index in [0.29, 0.717) is 5.56 Å². The van der Waals surface area contributed by atoms with Crippen LogP contribution in [0.1, 0.15) is 61.0 Å². The molecule has 3 rings (SSSR count). The first kappa shape index (κ1) is 21.7. The summed E-state index contributed by atoms with van der Waals surface area (Å²) >= 11 is 0. The van der Waals surface area contributed by atoms with Crippen LogP contribution in [0, 0.1) is 5.82 Å². The fourth-order valence-corrected chi connectivity index (χ4v) is 3.33. The van der Waals surface area contributed by atoms with Gasteiger partial charge in [-0.3, -0.25) is 4.98 Å². The number of aromatic nitrogens is 1. The Hall–Kier alpha value is -3.01. The van der Waals surface area contributed by atoms with Crippen LogP contribution < -0.4 is 4.74 Å². The van der Waals surface area contributed by atoms with Gasteiger partial charge in [0.05, 0.1) is 11.3 Å². The van der Waals surface area contributed by atoms with Crippen LogP contribution in [-0.4, -0.2) is 11.0 Å². The maximum atomic E-state index is 14.3. The molecule has 1 aromatic heterocycles. The minimum atomic E-state index is -0.578. The Kier molecular flexibility index (Phi) is 7.72. The average Bonchev–Trinajstić information content (AvgIpc) is 2.76. The van der Waals surface area contributed by atoms with Gasteiger partial charge in [-0.05, 0) is 60.7 Å². The summed E-state index contributed by atoms with van der Waals surface area (Å²) in [6, 6.07) is 15.9. The van der Waals surface area contributed by atoms with Crippen LogP contribution in [0.15, 0.2) is 60.8 Å². The molecule has 0 atom stereocenters. The number of aryl methyl sites for hydroxylation is 2. The summed E-state index contributed by atoms with van der Waals surface area (Å²) in [5.41, 5.74) is 4.26. The van der Waals surface area contributed by atoms with E-state index in [1.807, 2.05) is 30.5 Å². The number of unbranched alkanes of at least 4 members (excludes halogenated alkanes) is 2. The molecule has 4 heteroatoms. The standard InChI is InChI=1S/C26H28FNO2/c1-3-5-6-8-19-10-16-25(23(27)17-19)30-26(29)22-13-11-21(12-14-22)24-15-9-20(7-4-2)18-28-24/h9-18H,3-8H2,1-2H3. The number of nitrogens with zero attached hydrogens (tertiary/aromatic N) is 1. The predicted molar refractivity (Wildman–Crippen MR) is 118 cm³/mol. The molecule has 156 valence electrons. The largest absolute Gasteiger partial charge is 0.420 e. The zero-order valence-electron chi connectivity index (χ0n) is 17.7. The van der Waals surface area contributed by atoms with Crippen LogP contribution in [-0.2, 0) is 12.8 Å². The maximum absolute atomic E-state index is 14.3. The van der Waals surface area contributed by atoms with Crippen LogP contribution in [0.3, 0.4) is 0 Å². The second kappa shape index (κ2) is 10.7. The van der Waals surface area contributed by atoms with Gasteiger partial charge in [0.15, 0.2) is 11.6 Å². The van der Waals surface area contributed by atoms with Crippen molar-refractivity contribution in [1.82, 2.24) is 4.98 Å². The van der Waals surface area contributed by atoms with Crippen molar-refractivity contribution in [1.29, 1.82) is 0 Å². The number of benzene rings is 2. The van der Waals surface area contributed by atoms with Crippen LogP contribution in [0.5, 0.6) is 5.75 Å².